The summed E-state index contributed by atoms with van der Waals surface area (Å²) in [7, 11) is 0. The molecule has 0 radical (unpaired) electrons. The number of alkyl halides is 3. The van der Waals surface area contributed by atoms with E-state index in [1.165, 1.54) is 18.2 Å². The van der Waals surface area contributed by atoms with Crippen LogP contribution in [0, 0.1) is 10.1 Å². The second kappa shape index (κ2) is 7.20. The highest BCUT2D eigenvalue weighted by molar-refractivity contribution is 5.98. The summed E-state index contributed by atoms with van der Waals surface area (Å²) >= 11 is 0. The Labute approximate surface area is 139 Å². The van der Waals surface area contributed by atoms with Crippen molar-refractivity contribution in [3.05, 3.63) is 58.1 Å². The molecule has 0 aliphatic carbocycles. The molecule has 0 aromatic heterocycles. The summed E-state index contributed by atoms with van der Waals surface area (Å²) in [6.07, 6.45) is -4.86. The molecule has 132 valence electrons. The van der Waals surface area contributed by atoms with Gasteiger partial charge in [-0.25, -0.2) is 4.79 Å². The van der Waals surface area contributed by atoms with Crippen LogP contribution in [0.3, 0.4) is 0 Å². The Morgan fingerprint density at radius 2 is 1.92 bits per heavy atom. The molecule has 6 nitrogen and oxygen atoms in total. The van der Waals surface area contributed by atoms with Crippen molar-refractivity contribution >= 4 is 11.7 Å². The quantitative estimate of drug-likeness (QED) is 0.453. The van der Waals surface area contributed by atoms with E-state index >= 15 is 0 Å². The molecule has 2 rings (SSSR count). The maximum absolute atomic E-state index is 12.4. The fraction of sp³-hybridized carbons (Fsp3) is 0.188. The standard InChI is InChI=1S/C16H12F3NO5/c1-2-24-15(21)14-9-11(20(22)23)6-7-13(14)10-4-3-5-12(8-10)25-16(17,18)19/h3-9H,2H2,1H3. The molecule has 0 saturated carbocycles. The normalized spacial score (nSPS) is 11.0. The van der Waals surface area contributed by atoms with Gasteiger partial charge in [-0.3, -0.25) is 10.1 Å². The van der Waals surface area contributed by atoms with Crippen LogP contribution in [0.5, 0.6) is 5.75 Å². The van der Waals surface area contributed by atoms with Crippen LogP contribution >= 0.6 is 0 Å². The largest absolute Gasteiger partial charge is 0.573 e. The lowest BCUT2D eigenvalue weighted by Gasteiger charge is -2.12. The van der Waals surface area contributed by atoms with E-state index in [0.29, 0.717) is 0 Å². The van der Waals surface area contributed by atoms with Crippen molar-refractivity contribution in [3.8, 4) is 16.9 Å². The lowest BCUT2D eigenvalue weighted by atomic mass is 9.99. The van der Waals surface area contributed by atoms with E-state index in [2.05, 4.69) is 4.74 Å². The van der Waals surface area contributed by atoms with E-state index in [4.69, 9.17) is 4.74 Å². The minimum Gasteiger partial charge on any atom is -0.462 e. The average molecular weight is 355 g/mol. The number of nitro groups is 1. The molecule has 0 heterocycles. The van der Waals surface area contributed by atoms with Crippen molar-refractivity contribution in [2.75, 3.05) is 6.61 Å². The van der Waals surface area contributed by atoms with Gasteiger partial charge in [0.05, 0.1) is 17.1 Å². The third kappa shape index (κ3) is 4.69. The number of non-ortho nitro benzene ring substituents is 1. The van der Waals surface area contributed by atoms with Gasteiger partial charge in [-0.05, 0) is 36.2 Å². The second-order valence-corrected chi connectivity index (χ2v) is 4.78. The fourth-order valence-corrected chi connectivity index (χ4v) is 2.14. The smallest absolute Gasteiger partial charge is 0.462 e. The molecule has 0 aliphatic rings. The Kier molecular flexibility index (Phi) is 5.26. The van der Waals surface area contributed by atoms with E-state index in [1.54, 1.807) is 6.92 Å². The minimum absolute atomic E-state index is 0.0399. The van der Waals surface area contributed by atoms with Gasteiger partial charge in [-0.15, -0.1) is 13.2 Å². The zero-order chi connectivity index (χ0) is 18.6. The van der Waals surface area contributed by atoms with Crippen LogP contribution in [0.25, 0.3) is 11.1 Å². The number of benzene rings is 2. The van der Waals surface area contributed by atoms with E-state index in [0.717, 1.165) is 24.3 Å². The lowest BCUT2D eigenvalue weighted by molar-refractivity contribution is -0.384. The highest BCUT2D eigenvalue weighted by Crippen LogP contribution is 2.32. The molecule has 25 heavy (non-hydrogen) atoms. The molecule has 0 unspecified atom stereocenters. The minimum atomic E-state index is -4.86. The maximum Gasteiger partial charge on any atom is 0.573 e. The van der Waals surface area contributed by atoms with Gasteiger partial charge < -0.3 is 9.47 Å². The molecule has 0 N–H and O–H groups in total. The molecule has 9 heteroatoms. The molecule has 0 fully saturated rings. The molecule has 2 aromatic carbocycles. The van der Waals surface area contributed by atoms with Crippen molar-refractivity contribution in [1.29, 1.82) is 0 Å². The number of carbonyl (C=O) groups is 1. The van der Waals surface area contributed by atoms with Crippen LogP contribution in [0.4, 0.5) is 18.9 Å². The average Bonchev–Trinajstić information content (AvgIpc) is 2.53. The van der Waals surface area contributed by atoms with Gasteiger partial charge in [0.2, 0.25) is 0 Å². The van der Waals surface area contributed by atoms with E-state index in [-0.39, 0.29) is 29.0 Å². The predicted molar refractivity (Wildman–Crippen MR) is 81.2 cm³/mol. The Hall–Kier alpha value is -3.10. The van der Waals surface area contributed by atoms with Crippen LogP contribution in [0.1, 0.15) is 17.3 Å². The second-order valence-electron chi connectivity index (χ2n) is 4.78. The third-order valence-electron chi connectivity index (χ3n) is 3.09. The van der Waals surface area contributed by atoms with Crippen molar-refractivity contribution in [2.45, 2.75) is 13.3 Å². The molecule has 0 aliphatic heterocycles. The van der Waals surface area contributed by atoms with Gasteiger partial charge in [0, 0.05) is 12.1 Å². The summed E-state index contributed by atoms with van der Waals surface area (Å²) in [4.78, 5) is 22.3. The monoisotopic (exact) mass is 355 g/mol. The summed E-state index contributed by atoms with van der Waals surface area (Å²) in [6, 6.07) is 8.39. The number of hydrogen-bond acceptors (Lipinski definition) is 5. The van der Waals surface area contributed by atoms with E-state index in [1.807, 2.05) is 0 Å². The highest BCUT2D eigenvalue weighted by Gasteiger charge is 2.31. The molecule has 0 atom stereocenters. The predicted octanol–water partition coefficient (Wildman–Crippen LogP) is 4.34. The number of nitrogens with zero attached hydrogens (tertiary/aromatic N) is 1. The van der Waals surface area contributed by atoms with E-state index in [9.17, 15) is 28.1 Å². The number of halogens is 3. The summed E-state index contributed by atoms with van der Waals surface area (Å²) < 4.78 is 45.8. The molecule has 0 spiro atoms. The Bertz CT molecular complexity index is 805. The molecule has 0 saturated heterocycles. The Morgan fingerprint density at radius 1 is 1.20 bits per heavy atom. The van der Waals surface area contributed by atoms with Gasteiger partial charge in [0.1, 0.15) is 5.75 Å². The third-order valence-corrected chi connectivity index (χ3v) is 3.09. The highest BCUT2D eigenvalue weighted by atomic mass is 19.4. The van der Waals surface area contributed by atoms with E-state index < -0.39 is 23.0 Å². The summed E-state index contributed by atoms with van der Waals surface area (Å²) in [5, 5.41) is 10.9. The topological polar surface area (TPSA) is 78.7 Å². The van der Waals surface area contributed by atoms with Crippen LogP contribution in [-0.2, 0) is 4.74 Å². The van der Waals surface area contributed by atoms with Gasteiger partial charge >= 0.3 is 12.3 Å². The molecular weight excluding hydrogens is 343 g/mol. The first-order chi connectivity index (χ1) is 11.7. The zero-order valence-corrected chi connectivity index (χ0v) is 12.9. The van der Waals surface area contributed by atoms with Gasteiger partial charge in [-0.2, -0.15) is 0 Å². The fourth-order valence-electron chi connectivity index (χ4n) is 2.14. The number of esters is 1. The first kappa shape index (κ1) is 18.2. The van der Waals surface area contributed by atoms with Crippen LogP contribution in [0.2, 0.25) is 0 Å². The summed E-state index contributed by atoms with van der Waals surface area (Å²) in [6.45, 7) is 1.60. The van der Waals surface area contributed by atoms with Crippen molar-refractivity contribution in [3.63, 3.8) is 0 Å². The molecule has 0 bridgehead atoms. The van der Waals surface area contributed by atoms with Crippen LogP contribution in [-0.4, -0.2) is 23.9 Å². The lowest BCUT2D eigenvalue weighted by Crippen LogP contribution is -2.17. The summed E-state index contributed by atoms with van der Waals surface area (Å²) in [5.74, 6) is -1.29. The number of nitro benzene ring substituents is 1. The first-order valence-corrected chi connectivity index (χ1v) is 7.03. The van der Waals surface area contributed by atoms with Gasteiger partial charge in [-0.1, -0.05) is 12.1 Å². The molecule has 2 aromatic rings. The Balaban J connectivity index is 2.52. The maximum atomic E-state index is 12.4. The van der Waals surface area contributed by atoms with Gasteiger partial charge in [0.15, 0.2) is 0 Å². The number of rotatable bonds is 5. The number of hydrogen-bond donors (Lipinski definition) is 0. The van der Waals surface area contributed by atoms with Crippen LogP contribution < -0.4 is 4.74 Å². The summed E-state index contributed by atoms with van der Waals surface area (Å²) in [5.41, 5.74) is -0.0499. The van der Waals surface area contributed by atoms with Gasteiger partial charge in [0.25, 0.3) is 5.69 Å². The molecular formula is C16H12F3NO5. The SMILES string of the molecule is CCOC(=O)c1cc([N+](=O)[O-])ccc1-c1cccc(OC(F)(F)F)c1. The zero-order valence-electron chi connectivity index (χ0n) is 12.9. The van der Waals surface area contributed by atoms with Crippen LogP contribution in [0.15, 0.2) is 42.5 Å². The van der Waals surface area contributed by atoms with Crippen molar-refractivity contribution < 1.29 is 32.4 Å². The number of ether oxygens (including phenoxy) is 2. The first-order valence-electron chi connectivity index (χ1n) is 7.03. The molecule has 0 amide bonds. The van der Waals surface area contributed by atoms with Crippen molar-refractivity contribution in [2.24, 2.45) is 0 Å². The Morgan fingerprint density at radius 3 is 2.52 bits per heavy atom. The van der Waals surface area contributed by atoms with Crippen molar-refractivity contribution in [1.82, 2.24) is 0 Å². The number of carbonyl (C=O) groups excluding carboxylic acids is 1.